The largest absolute Gasteiger partial charge is 0.337 e. The summed E-state index contributed by atoms with van der Waals surface area (Å²) in [5.74, 6) is 0. The molecule has 21 heavy (non-hydrogen) atoms. The van der Waals surface area contributed by atoms with Gasteiger partial charge in [-0.05, 0) is 26.8 Å². The summed E-state index contributed by atoms with van der Waals surface area (Å²) in [6, 6.07) is 0.937. The fourth-order valence-corrected chi connectivity index (χ4v) is 3.04. The summed E-state index contributed by atoms with van der Waals surface area (Å²) in [6.07, 6.45) is 6.47. The fourth-order valence-electron chi connectivity index (χ4n) is 2.32. The lowest BCUT2D eigenvalue weighted by atomic mass is 10.3. The van der Waals surface area contributed by atoms with Crippen LogP contribution in [0.1, 0.15) is 25.5 Å². The Morgan fingerprint density at radius 1 is 1.57 bits per heavy atom. The SMILES string of the molecule is CC(CNC(=O)NCc1cn2ccsc2n1)N(C)C1CC1. The topological polar surface area (TPSA) is 61.7 Å². The van der Waals surface area contributed by atoms with Crippen LogP contribution >= 0.6 is 11.3 Å². The molecular formula is C14H21N5OS. The van der Waals surface area contributed by atoms with E-state index in [-0.39, 0.29) is 6.03 Å². The van der Waals surface area contributed by atoms with E-state index in [4.69, 9.17) is 0 Å². The normalized spacial score (nSPS) is 16.3. The molecule has 3 rings (SSSR count). The summed E-state index contributed by atoms with van der Waals surface area (Å²) >= 11 is 1.59. The highest BCUT2D eigenvalue weighted by Crippen LogP contribution is 2.26. The van der Waals surface area contributed by atoms with Crippen LogP contribution in [0.4, 0.5) is 4.79 Å². The molecule has 1 atom stereocenters. The number of amides is 2. The van der Waals surface area contributed by atoms with Crippen LogP contribution in [0.3, 0.4) is 0 Å². The molecule has 1 unspecified atom stereocenters. The van der Waals surface area contributed by atoms with Crippen molar-refractivity contribution in [2.24, 2.45) is 0 Å². The molecule has 2 N–H and O–H groups in total. The molecule has 1 aliphatic rings. The van der Waals surface area contributed by atoms with Crippen LogP contribution in [0.15, 0.2) is 17.8 Å². The van der Waals surface area contributed by atoms with Gasteiger partial charge in [-0.1, -0.05) is 0 Å². The zero-order valence-corrected chi connectivity index (χ0v) is 13.2. The van der Waals surface area contributed by atoms with E-state index >= 15 is 0 Å². The van der Waals surface area contributed by atoms with E-state index in [2.05, 4.69) is 34.5 Å². The molecule has 6 nitrogen and oxygen atoms in total. The molecule has 2 amide bonds. The maximum absolute atomic E-state index is 11.8. The molecule has 1 aliphatic carbocycles. The summed E-state index contributed by atoms with van der Waals surface area (Å²) < 4.78 is 1.96. The number of thiazole rings is 1. The van der Waals surface area contributed by atoms with Crippen molar-refractivity contribution in [2.75, 3.05) is 13.6 Å². The molecule has 0 spiro atoms. The van der Waals surface area contributed by atoms with E-state index in [0.29, 0.717) is 25.2 Å². The summed E-state index contributed by atoms with van der Waals surface area (Å²) in [5, 5.41) is 7.76. The third-order valence-electron chi connectivity index (χ3n) is 3.95. The van der Waals surface area contributed by atoms with Crippen molar-refractivity contribution in [3.63, 3.8) is 0 Å². The van der Waals surface area contributed by atoms with Crippen molar-refractivity contribution in [2.45, 2.75) is 38.4 Å². The minimum atomic E-state index is -0.137. The Bertz CT molecular complexity index is 589. The first-order valence-electron chi connectivity index (χ1n) is 7.28. The highest BCUT2D eigenvalue weighted by Gasteiger charge is 2.29. The third kappa shape index (κ3) is 3.54. The molecule has 2 heterocycles. The first kappa shape index (κ1) is 14.3. The molecule has 0 bridgehead atoms. The van der Waals surface area contributed by atoms with Gasteiger partial charge >= 0.3 is 6.03 Å². The number of hydrogen-bond acceptors (Lipinski definition) is 4. The molecule has 114 valence electrons. The van der Waals surface area contributed by atoms with E-state index in [1.54, 1.807) is 11.3 Å². The lowest BCUT2D eigenvalue weighted by molar-refractivity contribution is 0.222. The first-order chi connectivity index (χ1) is 10.1. The fraction of sp³-hybridized carbons (Fsp3) is 0.571. The van der Waals surface area contributed by atoms with Gasteiger partial charge in [0.2, 0.25) is 0 Å². The van der Waals surface area contributed by atoms with Crippen LogP contribution in [-0.4, -0.2) is 46.0 Å². The number of urea groups is 1. The van der Waals surface area contributed by atoms with Crippen molar-refractivity contribution in [1.82, 2.24) is 24.9 Å². The van der Waals surface area contributed by atoms with Crippen LogP contribution in [0.25, 0.3) is 4.96 Å². The van der Waals surface area contributed by atoms with Crippen molar-refractivity contribution in [3.8, 4) is 0 Å². The van der Waals surface area contributed by atoms with Crippen molar-refractivity contribution in [1.29, 1.82) is 0 Å². The Labute approximate surface area is 128 Å². The highest BCUT2D eigenvalue weighted by molar-refractivity contribution is 7.15. The number of nitrogens with zero attached hydrogens (tertiary/aromatic N) is 3. The number of carbonyl (C=O) groups excluding carboxylic acids is 1. The number of imidazole rings is 1. The Morgan fingerprint density at radius 2 is 2.38 bits per heavy atom. The molecule has 2 aromatic heterocycles. The number of fused-ring (bicyclic) bond motifs is 1. The molecular weight excluding hydrogens is 286 g/mol. The predicted octanol–water partition coefficient (Wildman–Crippen LogP) is 1.68. The van der Waals surface area contributed by atoms with Gasteiger partial charge in [0.1, 0.15) is 0 Å². The lowest BCUT2D eigenvalue weighted by Crippen LogP contribution is -2.44. The van der Waals surface area contributed by atoms with Crippen LogP contribution < -0.4 is 10.6 Å². The van der Waals surface area contributed by atoms with Gasteiger partial charge in [-0.15, -0.1) is 11.3 Å². The van der Waals surface area contributed by atoms with Gasteiger partial charge in [0.25, 0.3) is 0 Å². The number of rotatable bonds is 6. The summed E-state index contributed by atoms with van der Waals surface area (Å²) in [6.45, 7) is 3.26. The van der Waals surface area contributed by atoms with Crippen molar-refractivity contribution in [3.05, 3.63) is 23.5 Å². The van der Waals surface area contributed by atoms with E-state index in [0.717, 1.165) is 10.7 Å². The molecule has 0 aliphatic heterocycles. The number of nitrogens with one attached hydrogen (secondary N) is 2. The zero-order chi connectivity index (χ0) is 14.8. The molecule has 2 aromatic rings. The Kier molecular flexibility index (Phi) is 4.12. The summed E-state index contributed by atoms with van der Waals surface area (Å²) in [5.41, 5.74) is 0.875. The Hall–Kier alpha value is -1.60. The molecule has 7 heteroatoms. The van der Waals surface area contributed by atoms with E-state index in [9.17, 15) is 4.79 Å². The zero-order valence-electron chi connectivity index (χ0n) is 12.4. The van der Waals surface area contributed by atoms with Gasteiger partial charge in [0.05, 0.1) is 12.2 Å². The maximum atomic E-state index is 11.8. The van der Waals surface area contributed by atoms with Crippen LogP contribution in [0.2, 0.25) is 0 Å². The minimum absolute atomic E-state index is 0.137. The number of carbonyl (C=O) groups is 1. The highest BCUT2D eigenvalue weighted by atomic mass is 32.1. The number of hydrogen-bond donors (Lipinski definition) is 2. The Morgan fingerprint density at radius 3 is 3.10 bits per heavy atom. The molecule has 1 fully saturated rings. The Balaban J connectivity index is 1.40. The van der Waals surface area contributed by atoms with Crippen LogP contribution in [0, 0.1) is 0 Å². The second kappa shape index (κ2) is 6.03. The van der Waals surface area contributed by atoms with Gasteiger partial charge in [0, 0.05) is 36.4 Å². The number of likely N-dealkylation sites (N-methyl/N-ethyl adjacent to an activating group) is 1. The average Bonchev–Trinajstić information content (AvgIpc) is 3.11. The maximum Gasteiger partial charge on any atom is 0.315 e. The molecule has 1 saturated carbocycles. The lowest BCUT2D eigenvalue weighted by Gasteiger charge is -2.24. The minimum Gasteiger partial charge on any atom is -0.337 e. The quantitative estimate of drug-likeness (QED) is 0.853. The van der Waals surface area contributed by atoms with Gasteiger partial charge in [-0.2, -0.15) is 0 Å². The molecule has 0 radical (unpaired) electrons. The monoisotopic (exact) mass is 307 g/mol. The first-order valence-corrected chi connectivity index (χ1v) is 8.16. The molecule has 0 saturated heterocycles. The van der Waals surface area contributed by atoms with Crippen molar-refractivity contribution >= 4 is 22.3 Å². The second-order valence-corrected chi connectivity index (χ2v) is 6.51. The number of aromatic nitrogens is 2. The second-order valence-electron chi connectivity index (χ2n) is 5.63. The summed E-state index contributed by atoms with van der Waals surface area (Å²) in [7, 11) is 2.12. The van der Waals surface area contributed by atoms with Gasteiger partial charge in [-0.3, -0.25) is 9.30 Å². The average molecular weight is 307 g/mol. The third-order valence-corrected chi connectivity index (χ3v) is 4.72. The van der Waals surface area contributed by atoms with E-state index < -0.39 is 0 Å². The van der Waals surface area contributed by atoms with Gasteiger partial charge < -0.3 is 10.6 Å². The van der Waals surface area contributed by atoms with E-state index in [1.807, 2.05) is 22.2 Å². The van der Waals surface area contributed by atoms with Gasteiger partial charge in [-0.25, -0.2) is 9.78 Å². The van der Waals surface area contributed by atoms with Crippen LogP contribution in [-0.2, 0) is 6.54 Å². The van der Waals surface area contributed by atoms with Crippen LogP contribution in [0.5, 0.6) is 0 Å². The van der Waals surface area contributed by atoms with Crippen molar-refractivity contribution < 1.29 is 4.79 Å². The van der Waals surface area contributed by atoms with E-state index in [1.165, 1.54) is 12.8 Å². The predicted molar refractivity (Wildman–Crippen MR) is 83.6 cm³/mol. The molecule has 0 aromatic carbocycles. The smallest absolute Gasteiger partial charge is 0.315 e. The standard InChI is InChI=1S/C14H21N5OS/c1-10(18(2)12-3-4-12)7-15-13(20)16-8-11-9-19-5-6-21-14(19)17-11/h5-6,9-10,12H,3-4,7-8H2,1-2H3,(H2,15,16,20). The van der Waals surface area contributed by atoms with Gasteiger partial charge in [0.15, 0.2) is 4.96 Å². The summed E-state index contributed by atoms with van der Waals surface area (Å²) in [4.78, 5) is 19.5.